The van der Waals surface area contributed by atoms with Crippen molar-refractivity contribution in [3.05, 3.63) is 53.1 Å². The Balaban J connectivity index is 1.68. The lowest BCUT2D eigenvalue weighted by molar-refractivity contribution is -0.118. The molecule has 0 atom stereocenters. The van der Waals surface area contributed by atoms with Gasteiger partial charge in [0.05, 0.1) is 19.8 Å². The minimum atomic E-state index is -0.953. The highest BCUT2D eigenvalue weighted by molar-refractivity contribution is 5.97. The predicted molar refractivity (Wildman–Crippen MR) is 97.3 cm³/mol. The first-order chi connectivity index (χ1) is 12.5. The fourth-order valence-corrected chi connectivity index (χ4v) is 3.22. The average Bonchev–Trinajstić information content (AvgIpc) is 3.09. The first kappa shape index (κ1) is 17.8. The fraction of sp³-hybridized carbons (Fsp3) is 0.300. The number of fused-ring (bicyclic) bond motifs is 1. The summed E-state index contributed by atoms with van der Waals surface area (Å²) in [6.07, 6.45) is 1.65. The molecule has 0 bridgehead atoms. The lowest BCUT2D eigenvalue weighted by Gasteiger charge is -2.17. The normalized spacial score (nSPS) is 12.6. The van der Waals surface area contributed by atoms with Gasteiger partial charge in [0.25, 0.3) is 0 Å². The third-order valence-electron chi connectivity index (χ3n) is 4.60. The average molecular weight is 355 g/mol. The molecule has 0 aromatic heterocycles. The van der Waals surface area contributed by atoms with Crippen LogP contribution < -0.4 is 14.4 Å². The van der Waals surface area contributed by atoms with Crippen LogP contribution in [0.1, 0.15) is 27.9 Å². The lowest BCUT2D eigenvalue weighted by atomic mass is 10.1. The first-order valence-electron chi connectivity index (χ1n) is 8.41. The Morgan fingerprint density at radius 3 is 2.54 bits per heavy atom. The van der Waals surface area contributed by atoms with Gasteiger partial charge in [-0.25, -0.2) is 4.79 Å². The standard InChI is InChI=1S/C20H21NO5/c1-25-17-7-3-13(11-18(17)26-2)4-8-19(22)21-10-9-14-12-15(20(23)24)5-6-16(14)21/h3,5-7,11-12H,4,8-10H2,1-2H3,(H,23,24). The number of benzene rings is 2. The molecule has 0 saturated heterocycles. The number of hydrogen-bond acceptors (Lipinski definition) is 4. The summed E-state index contributed by atoms with van der Waals surface area (Å²) >= 11 is 0. The molecule has 0 fully saturated rings. The van der Waals surface area contributed by atoms with Crippen molar-refractivity contribution in [2.75, 3.05) is 25.7 Å². The molecule has 0 spiro atoms. The molecule has 1 aliphatic rings. The number of methoxy groups -OCH3 is 2. The maximum atomic E-state index is 12.6. The van der Waals surface area contributed by atoms with Gasteiger partial charge in [-0.1, -0.05) is 6.07 Å². The summed E-state index contributed by atoms with van der Waals surface area (Å²) in [5, 5.41) is 9.08. The molecule has 2 aromatic carbocycles. The van der Waals surface area contributed by atoms with E-state index >= 15 is 0 Å². The molecule has 6 nitrogen and oxygen atoms in total. The molecule has 0 radical (unpaired) electrons. The SMILES string of the molecule is COc1ccc(CCC(=O)N2CCc3cc(C(=O)O)ccc32)cc1OC. The Labute approximate surface area is 152 Å². The van der Waals surface area contributed by atoms with E-state index in [0.29, 0.717) is 37.3 Å². The largest absolute Gasteiger partial charge is 0.493 e. The summed E-state index contributed by atoms with van der Waals surface area (Å²) in [5.74, 6) is 0.378. The van der Waals surface area contributed by atoms with Crippen LogP contribution in [0.3, 0.4) is 0 Å². The van der Waals surface area contributed by atoms with Crippen molar-refractivity contribution in [2.45, 2.75) is 19.3 Å². The van der Waals surface area contributed by atoms with Crippen LogP contribution in [-0.4, -0.2) is 37.7 Å². The second kappa shape index (κ2) is 7.47. The number of carbonyl (C=O) groups excluding carboxylic acids is 1. The van der Waals surface area contributed by atoms with E-state index in [4.69, 9.17) is 14.6 Å². The van der Waals surface area contributed by atoms with Crippen molar-refractivity contribution in [3.63, 3.8) is 0 Å². The van der Waals surface area contributed by atoms with E-state index in [-0.39, 0.29) is 11.5 Å². The van der Waals surface area contributed by atoms with Gasteiger partial charge in [0, 0.05) is 18.7 Å². The summed E-state index contributed by atoms with van der Waals surface area (Å²) in [5.41, 5.74) is 2.97. The van der Waals surface area contributed by atoms with Gasteiger partial charge in [0.15, 0.2) is 11.5 Å². The van der Waals surface area contributed by atoms with Gasteiger partial charge in [-0.3, -0.25) is 4.79 Å². The van der Waals surface area contributed by atoms with Gasteiger partial charge in [-0.15, -0.1) is 0 Å². The van der Waals surface area contributed by atoms with Crippen LogP contribution in [0.4, 0.5) is 5.69 Å². The molecular formula is C20H21NO5. The number of carboxylic acids is 1. The Kier molecular flexibility index (Phi) is 5.11. The number of aryl methyl sites for hydroxylation is 1. The minimum Gasteiger partial charge on any atom is -0.493 e. The quantitative estimate of drug-likeness (QED) is 0.862. The number of ether oxygens (including phenoxy) is 2. The molecule has 136 valence electrons. The predicted octanol–water partition coefficient (Wildman–Crippen LogP) is 2.92. The lowest BCUT2D eigenvalue weighted by Crippen LogP contribution is -2.29. The van der Waals surface area contributed by atoms with Crippen molar-refractivity contribution < 1.29 is 24.2 Å². The Hall–Kier alpha value is -3.02. The number of nitrogens with zero attached hydrogens (tertiary/aromatic N) is 1. The molecule has 6 heteroatoms. The highest BCUT2D eigenvalue weighted by Crippen LogP contribution is 2.31. The van der Waals surface area contributed by atoms with Gasteiger partial charge < -0.3 is 19.5 Å². The molecule has 3 rings (SSSR count). The van der Waals surface area contributed by atoms with Gasteiger partial charge in [0.2, 0.25) is 5.91 Å². The number of rotatable bonds is 6. The van der Waals surface area contributed by atoms with Crippen LogP contribution in [0.15, 0.2) is 36.4 Å². The summed E-state index contributed by atoms with van der Waals surface area (Å²) in [6.45, 7) is 0.586. The van der Waals surface area contributed by atoms with E-state index in [2.05, 4.69) is 0 Å². The number of aromatic carboxylic acids is 1. The van der Waals surface area contributed by atoms with Crippen LogP contribution in [0.25, 0.3) is 0 Å². The maximum Gasteiger partial charge on any atom is 0.335 e. The van der Waals surface area contributed by atoms with Crippen molar-refractivity contribution >= 4 is 17.6 Å². The van der Waals surface area contributed by atoms with E-state index in [1.807, 2.05) is 18.2 Å². The van der Waals surface area contributed by atoms with Crippen LogP contribution in [-0.2, 0) is 17.6 Å². The van der Waals surface area contributed by atoms with Crippen LogP contribution in [0.5, 0.6) is 11.5 Å². The topological polar surface area (TPSA) is 76.1 Å². The van der Waals surface area contributed by atoms with E-state index in [9.17, 15) is 9.59 Å². The highest BCUT2D eigenvalue weighted by atomic mass is 16.5. The molecule has 1 aliphatic heterocycles. The molecular weight excluding hydrogens is 334 g/mol. The van der Waals surface area contributed by atoms with E-state index in [1.54, 1.807) is 37.3 Å². The van der Waals surface area contributed by atoms with Crippen LogP contribution in [0, 0.1) is 0 Å². The summed E-state index contributed by atoms with van der Waals surface area (Å²) in [4.78, 5) is 25.4. The van der Waals surface area contributed by atoms with Crippen LogP contribution in [0.2, 0.25) is 0 Å². The van der Waals surface area contributed by atoms with E-state index < -0.39 is 5.97 Å². The maximum absolute atomic E-state index is 12.6. The zero-order valence-corrected chi connectivity index (χ0v) is 14.8. The van der Waals surface area contributed by atoms with Crippen molar-refractivity contribution in [1.82, 2.24) is 0 Å². The number of anilines is 1. The fourth-order valence-electron chi connectivity index (χ4n) is 3.22. The Morgan fingerprint density at radius 2 is 1.85 bits per heavy atom. The van der Waals surface area contributed by atoms with Crippen LogP contribution >= 0.6 is 0 Å². The monoisotopic (exact) mass is 355 g/mol. The Bertz CT molecular complexity index is 846. The van der Waals surface area contributed by atoms with Gasteiger partial charge >= 0.3 is 5.97 Å². The number of amides is 1. The molecule has 1 amide bonds. The van der Waals surface area contributed by atoms with E-state index in [0.717, 1.165) is 16.8 Å². The first-order valence-corrected chi connectivity index (χ1v) is 8.41. The summed E-state index contributed by atoms with van der Waals surface area (Å²) in [7, 11) is 3.17. The minimum absolute atomic E-state index is 0.0293. The van der Waals surface area contributed by atoms with Gasteiger partial charge in [-0.05, 0) is 54.3 Å². The second-order valence-corrected chi connectivity index (χ2v) is 6.13. The molecule has 26 heavy (non-hydrogen) atoms. The summed E-state index contributed by atoms with van der Waals surface area (Å²) in [6, 6.07) is 10.5. The third-order valence-corrected chi connectivity index (χ3v) is 4.60. The number of hydrogen-bond donors (Lipinski definition) is 1. The van der Waals surface area contributed by atoms with E-state index in [1.165, 1.54) is 0 Å². The highest BCUT2D eigenvalue weighted by Gasteiger charge is 2.25. The molecule has 0 unspecified atom stereocenters. The van der Waals surface area contributed by atoms with Crippen molar-refractivity contribution in [1.29, 1.82) is 0 Å². The Morgan fingerprint density at radius 1 is 1.08 bits per heavy atom. The smallest absolute Gasteiger partial charge is 0.335 e. The molecule has 1 N–H and O–H groups in total. The van der Waals surface area contributed by atoms with Gasteiger partial charge in [0.1, 0.15) is 0 Å². The molecule has 1 heterocycles. The second-order valence-electron chi connectivity index (χ2n) is 6.13. The molecule has 0 saturated carbocycles. The van der Waals surface area contributed by atoms with Crippen molar-refractivity contribution in [2.24, 2.45) is 0 Å². The summed E-state index contributed by atoms with van der Waals surface area (Å²) < 4.78 is 10.5. The molecule has 2 aromatic rings. The molecule has 0 aliphatic carbocycles. The third kappa shape index (κ3) is 3.49. The zero-order chi connectivity index (χ0) is 18.7. The zero-order valence-electron chi connectivity index (χ0n) is 14.8. The van der Waals surface area contributed by atoms with Crippen molar-refractivity contribution in [3.8, 4) is 11.5 Å². The van der Waals surface area contributed by atoms with Gasteiger partial charge in [-0.2, -0.15) is 0 Å². The number of carboxylic acid groups (broad SMARTS) is 1. The number of carbonyl (C=O) groups is 2.